The third-order valence-electron chi connectivity index (χ3n) is 4.04. The number of ether oxygens (including phenoxy) is 1. The molecule has 0 bridgehead atoms. The quantitative estimate of drug-likeness (QED) is 0.628. The largest absolute Gasteiger partial charge is 0.493 e. The lowest BCUT2D eigenvalue weighted by Crippen LogP contribution is -1.92. The zero-order valence-electron chi connectivity index (χ0n) is 11.7. The molecule has 0 N–H and O–H groups in total. The number of nitrogens with zero attached hydrogens (tertiary/aromatic N) is 1. The zero-order valence-corrected chi connectivity index (χ0v) is 13.3. The van der Waals surface area contributed by atoms with Crippen LogP contribution >= 0.6 is 15.9 Å². The summed E-state index contributed by atoms with van der Waals surface area (Å²) in [5.74, 6) is 1.01. The second-order valence-electron chi connectivity index (χ2n) is 5.34. The van der Waals surface area contributed by atoms with E-state index in [1.165, 1.54) is 16.5 Å². The summed E-state index contributed by atoms with van der Waals surface area (Å²) in [6, 6.07) is 14.6. The lowest BCUT2D eigenvalue weighted by Gasteiger charge is -2.11. The van der Waals surface area contributed by atoms with Crippen LogP contribution in [0.25, 0.3) is 22.2 Å². The summed E-state index contributed by atoms with van der Waals surface area (Å²) >= 11 is 3.72. The Bertz CT molecular complexity index is 857. The average Bonchev–Trinajstić information content (AvgIpc) is 2.98. The smallest absolute Gasteiger partial charge is 0.122 e. The van der Waals surface area contributed by atoms with Gasteiger partial charge in [-0.25, -0.2) is 4.98 Å². The van der Waals surface area contributed by atoms with Gasteiger partial charge in [0.2, 0.25) is 0 Å². The van der Waals surface area contributed by atoms with Gasteiger partial charge in [0.25, 0.3) is 0 Å². The molecule has 0 saturated carbocycles. The van der Waals surface area contributed by atoms with Gasteiger partial charge in [0.15, 0.2) is 0 Å². The summed E-state index contributed by atoms with van der Waals surface area (Å²) in [7, 11) is 0. The Morgan fingerprint density at radius 1 is 1.14 bits per heavy atom. The fourth-order valence-electron chi connectivity index (χ4n) is 2.88. The van der Waals surface area contributed by atoms with E-state index < -0.39 is 0 Å². The number of fused-ring (bicyclic) bond motifs is 2. The van der Waals surface area contributed by atoms with Crippen LogP contribution in [-0.2, 0) is 6.42 Å². The Labute approximate surface area is 131 Å². The van der Waals surface area contributed by atoms with Crippen LogP contribution in [0, 0.1) is 6.92 Å². The Kier molecular flexibility index (Phi) is 2.96. The number of halogens is 1. The Morgan fingerprint density at radius 3 is 2.90 bits per heavy atom. The number of aryl methyl sites for hydroxylation is 1. The first kappa shape index (κ1) is 12.8. The van der Waals surface area contributed by atoms with Gasteiger partial charge in [0, 0.05) is 21.8 Å². The number of pyridine rings is 1. The van der Waals surface area contributed by atoms with Gasteiger partial charge in [-0.15, -0.1) is 0 Å². The predicted molar refractivity (Wildman–Crippen MR) is 88.8 cm³/mol. The van der Waals surface area contributed by atoms with E-state index in [-0.39, 0.29) is 0 Å². The molecule has 21 heavy (non-hydrogen) atoms. The third-order valence-corrected chi connectivity index (χ3v) is 5.01. The summed E-state index contributed by atoms with van der Waals surface area (Å²) < 4.78 is 6.65. The molecule has 3 heteroatoms. The maximum atomic E-state index is 5.58. The molecule has 3 aromatic rings. The Balaban J connectivity index is 1.96. The van der Waals surface area contributed by atoms with E-state index in [1.54, 1.807) is 0 Å². The van der Waals surface area contributed by atoms with E-state index in [4.69, 9.17) is 9.72 Å². The molecule has 2 aromatic carbocycles. The fourth-order valence-corrected chi connectivity index (χ4v) is 3.41. The molecule has 0 unspecified atom stereocenters. The summed E-state index contributed by atoms with van der Waals surface area (Å²) in [6.07, 6.45) is 0.980. The molecule has 1 aromatic heterocycles. The second kappa shape index (κ2) is 4.85. The van der Waals surface area contributed by atoms with Crippen LogP contribution in [0.3, 0.4) is 0 Å². The first-order valence-electron chi connectivity index (χ1n) is 7.05. The molecule has 1 aliphatic rings. The highest BCUT2D eigenvalue weighted by atomic mass is 79.9. The van der Waals surface area contributed by atoms with Crippen LogP contribution in [0.4, 0.5) is 0 Å². The van der Waals surface area contributed by atoms with Gasteiger partial charge in [-0.2, -0.15) is 0 Å². The van der Waals surface area contributed by atoms with Gasteiger partial charge in [-0.05, 0) is 58.2 Å². The normalized spacial score (nSPS) is 13.2. The Hall–Kier alpha value is -1.87. The van der Waals surface area contributed by atoms with Crippen LogP contribution in [-0.4, -0.2) is 11.6 Å². The number of aromatic nitrogens is 1. The molecule has 0 fully saturated rings. The number of hydrogen-bond donors (Lipinski definition) is 0. The molecule has 1 aliphatic heterocycles. The monoisotopic (exact) mass is 339 g/mol. The van der Waals surface area contributed by atoms with Crippen LogP contribution in [0.15, 0.2) is 46.9 Å². The van der Waals surface area contributed by atoms with Gasteiger partial charge in [0.1, 0.15) is 5.75 Å². The molecular weight excluding hydrogens is 326 g/mol. The van der Waals surface area contributed by atoms with E-state index in [0.29, 0.717) is 0 Å². The average molecular weight is 340 g/mol. The molecular formula is C18H14BrNO. The van der Waals surface area contributed by atoms with Crippen LogP contribution in [0.2, 0.25) is 0 Å². The van der Waals surface area contributed by atoms with Crippen molar-refractivity contribution in [2.24, 2.45) is 0 Å². The first-order valence-corrected chi connectivity index (χ1v) is 7.84. The molecule has 0 spiro atoms. The molecule has 0 amide bonds. The maximum absolute atomic E-state index is 5.58. The lowest BCUT2D eigenvalue weighted by molar-refractivity contribution is 0.357. The van der Waals surface area contributed by atoms with Crippen molar-refractivity contribution in [2.45, 2.75) is 13.3 Å². The SMILES string of the molecule is Cc1c(Br)c(-c2ccc3c(c2)CCO3)nc2ccccc12. The van der Waals surface area contributed by atoms with Crippen LogP contribution in [0.5, 0.6) is 5.75 Å². The van der Waals surface area contributed by atoms with E-state index in [9.17, 15) is 0 Å². The summed E-state index contributed by atoms with van der Waals surface area (Å²) in [5.41, 5.74) is 5.67. The fraction of sp³-hybridized carbons (Fsp3) is 0.167. The van der Waals surface area contributed by atoms with Crippen molar-refractivity contribution < 1.29 is 4.74 Å². The molecule has 2 heterocycles. The van der Waals surface area contributed by atoms with Crippen molar-refractivity contribution >= 4 is 26.8 Å². The van der Waals surface area contributed by atoms with Crippen molar-refractivity contribution in [1.82, 2.24) is 4.98 Å². The van der Waals surface area contributed by atoms with E-state index in [0.717, 1.165) is 40.0 Å². The van der Waals surface area contributed by atoms with Crippen molar-refractivity contribution in [2.75, 3.05) is 6.61 Å². The first-order chi connectivity index (χ1) is 10.2. The van der Waals surface area contributed by atoms with Crippen molar-refractivity contribution in [3.8, 4) is 17.0 Å². The van der Waals surface area contributed by atoms with Crippen molar-refractivity contribution in [1.29, 1.82) is 0 Å². The highest BCUT2D eigenvalue weighted by Crippen LogP contribution is 2.36. The number of hydrogen-bond acceptors (Lipinski definition) is 2. The van der Waals surface area contributed by atoms with Crippen LogP contribution in [0.1, 0.15) is 11.1 Å². The predicted octanol–water partition coefficient (Wildman–Crippen LogP) is 4.91. The molecule has 0 radical (unpaired) electrons. The lowest BCUT2D eigenvalue weighted by atomic mass is 10.0. The maximum Gasteiger partial charge on any atom is 0.122 e. The van der Waals surface area contributed by atoms with E-state index >= 15 is 0 Å². The minimum atomic E-state index is 0.782. The molecule has 0 atom stereocenters. The third kappa shape index (κ3) is 2.04. The minimum Gasteiger partial charge on any atom is -0.493 e. The van der Waals surface area contributed by atoms with E-state index in [1.807, 2.05) is 6.07 Å². The number of rotatable bonds is 1. The van der Waals surface area contributed by atoms with Gasteiger partial charge in [-0.3, -0.25) is 0 Å². The van der Waals surface area contributed by atoms with Crippen molar-refractivity contribution in [3.63, 3.8) is 0 Å². The highest BCUT2D eigenvalue weighted by Gasteiger charge is 2.16. The van der Waals surface area contributed by atoms with Crippen LogP contribution < -0.4 is 4.74 Å². The van der Waals surface area contributed by atoms with Gasteiger partial charge >= 0.3 is 0 Å². The van der Waals surface area contributed by atoms with Gasteiger partial charge in [0.05, 0.1) is 17.8 Å². The summed E-state index contributed by atoms with van der Waals surface area (Å²) in [5, 5.41) is 1.19. The summed E-state index contributed by atoms with van der Waals surface area (Å²) in [4.78, 5) is 4.84. The molecule has 2 nitrogen and oxygen atoms in total. The topological polar surface area (TPSA) is 22.1 Å². The summed E-state index contributed by atoms with van der Waals surface area (Å²) in [6.45, 7) is 2.91. The van der Waals surface area contributed by atoms with Crippen molar-refractivity contribution in [3.05, 3.63) is 58.1 Å². The number of benzene rings is 2. The molecule has 0 saturated heterocycles. The highest BCUT2D eigenvalue weighted by molar-refractivity contribution is 9.10. The second-order valence-corrected chi connectivity index (χ2v) is 6.13. The molecule has 0 aliphatic carbocycles. The standard InChI is InChI=1S/C18H14BrNO/c1-11-14-4-2-3-5-15(14)20-18(17(11)19)13-6-7-16-12(10-13)8-9-21-16/h2-7,10H,8-9H2,1H3. The zero-order chi connectivity index (χ0) is 14.4. The Morgan fingerprint density at radius 2 is 2.00 bits per heavy atom. The number of para-hydroxylation sites is 1. The molecule has 4 rings (SSSR count). The minimum absolute atomic E-state index is 0.782. The van der Waals surface area contributed by atoms with E-state index in [2.05, 4.69) is 59.3 Å². The van der Waals surface area contributed by atoms with Gasteiger partial charge in [-0.1, -0.05) is 18.2 Å². The molecule has 104 valence electrons. The van der Waals surface area contributed by atoms with Gasteiger partial charge < -0.3 is 4.74 Å².